The summed E-state index contributed by atoms with van der Waals surface area (Å²) in [6.07, 6.45) is 14.4. The number of hydrogen-bond donors (Lipinski definition) is 1. The zero-order chi connectivity index (χ0) is 39.9. The first-order chi connectivity index (χ1) is 25.7. The van der Waals surface area contributed by atoms with Crippen LogP contribution in [0.15, 0.2) is 11.1 Å². The topological polar surface area (TPSA) is 104 Å². The lowest BCUT2D eigenvalue weighted by atomic mass is 9.33. The summed E-state index contributed by atoms with van der Waals surface area (Å²) in [7, 11) is 0. The van der Waals surface area contributed by atoms with Gasteiger partial charge in [0, 0.05) is 49.9 Å². The van der Waals surface area contributed by atoms with Crippen LogP contribution in [0.25, 0.3) is 0 Å². The predicted octanol–water partition coefficient (Wildman–Crippen LogP) is 9.10. The van der Waals surface area contributed by atoms with Crippen molar-refractivity contribution in [3.05, 3.63) is 11.1 Å². The van der Waals surface area contributed by atoms with E-state index in [4.69, 9.17) is 4.74 Å². The number of carboxylic acid groups (broad SMARTS) is 1. The van der Waals surface area contributed by atoms with E-state index >= 15 is 0 Å². The summed E-state index contributed by atoms with van der Waals surface area (Å²) in [5.41, 5.74) is 1.68. The van der Waals surface area contributed by atoms with E-state index in [9.17, 15) is 24.3 Å². The van der Waals surface area contributed by atoms with Crippen LogP contribution in [0.4, 0.5) is 0 Å². The molecule has 8 nitrogen and oxygen atoms in total. The lowest BCUT2D eigenvalue weighted by molar-refractivity contribution is -0.233. The van der Waals surface area contributed by atoms with Crippen molar-refractivity contribution >= 4 is 23.6 Å². The van der Waals surface area contributed by atoms with Crippen molar-refractivity contribution in [1.29, 1.82) is 0 Å². The molecule has 1 aliphatic heterocycles. The second-order valence-electron chi connectivity index (χ2n) is 22.2. The Kier molecular flexibility index (Phi) is 10.6. The molecule has 0 radical (unpaired) electrons. The minimum absolute atomic E-state index is 0.0461. The number of aliphatic carboxylic acids is 1. The first kappa shape index (κ1) is 41.0. The Morgan fingerprint density at radius 3 is 2.27 bits per heavy atom. The van der Waals surface area contributed by atoms with Crippen LogP contribution in [0.5, 0.6) is 0 Å². The molecule has 6 fully saturated rings. The van der Waals surface area contributed by atoms with Gasteiger partial charge in [0.15, 0.2) is 5.78 Å². The Balaban J connectivity index is 1.12. The van der Waals surface area contributed by atoms with Gasteiger partial charge in [-0.2, -0.15) is 0 Å². The summed E-state index contributed by atoms with van der Waals surface area (Å²) in [5, 5.41) is 9.64. The Labute approximate surface area is 332 Å². The number of ether oxygens (including phenoxy) is 1. The summed E-state index contributed by atoms with van der Waals surface area (Å²) in [6, 6.07) is 0. The maximum Gasteiger partial charge on any atom is 0.309 e. The molecule has 2 unspecified atom stereocenters. The van der Waals surface area contributed by atoms with Crippen molar-refractivity contribution in [2.24, 2.45) is 62.1 Å². The number of esters is 1. The predicted molar refractivity (Wildman–Crippen MR) is 215 cm³/mol. The molecule has 7 rings (SSSR count). The monoisotopic (exact) mass is 763 g/mol. The van der Waals surface area contributed by atoms with Gasteiger partial charge in [0.05, 0.1) is 11.8 Å². The number of carbonyl (C=O) groups is 4. The van der Waals surface area contributed by atoms with E-state index in [1.165, 1.54) is 31.3 Å². The normalized spacial score (nSPS) is 38.6. The first-order valence-electron chi connectivity index (χ1n) is 22.4. The van der Waals surface area contributed by atoms with Crippen molar-refractivity contribution in [2.75, 3.05) is 32.7 Å². The fourth-order valence-corrected chi connectivity index (χ4v) is 14.4. The average Bonchev–Trinajstić information content (AvgIpc) is 3.73. The number of rotatable bonds is 13. The smallest absolute Gasteiger partial charge is 0.309 e. The van der Waals surface area contributed by atoms with Crippen LogP contribution < -0.4 is 0 Å². The van der Waals surface area contributed by atoms with Gasteiger partial charge in [-0.25, -0.2) is 0 Å². The molecular formula is C47H74N2O6. The van der Waals surface area contributed by atoms with E-state index < -0.39 is 17.4 Å². The van der Waals surface area contributed by atoms with Crippen LogP contribution in [-0.2, 0) is 23.9 Å². The highest BCUT2D eigenvalue weighted by Gasteiger charge is 2.70. The molecule has 0 aromatic heterocycles. The highest BCUT2D eigenvalue weighted by atomic mass is 16.5. The number of hydrogen-bond acceptors (Lipinski definition) is 6. The molecular weight excluding hydrogens is 689 g/mol. The minimum atomic E-state index is -1.15. The molecule has 308 valence electrons. The molecule has 7 aliphatic rings. The number of carbonyl (C=O) groups excluding carboxylic acids is 3. The Morgan fingerprint density at radius 2 is 1.64 bits per heavy atom. The SMILES string of the molecule is CC(C)C1=C2[C@H]3CCC4[C@@]5(C)CC[C@H](OC(=O)CC(C)(C)C(=O)O)C(C)(C)C5CC[C@@]4(C)[C@]3(C)CC[C@@]2(CCN(CCN2CCCC2=O)CC2CC2)CC1=O. The third kappa shape index (κ3) is 6.86. The van der Waals surface area contributed by atoms with E-state index in [1.807, 2.05) is 0 Å². The number of nitrogens with zero attached hydrogens (tertiary/aromatic N) is 2. The number of likely N-dealkylation sites (tertiary alicyclic amines) is 1. The Hall–Kier alpha value is -2.22. The van der Waals surface area contributed by atoms with Gasteiger partial charge in [0.25, 0.3) is 0 Å². The average molecular weight is 763 g/mol. The minimum Gasteiger partial charge on any atom is -0.481 e. The third-order valence-corrected chi connectivity index (χ3v) is 17.9. The van der Waals surface area contributed by atoms with Gasteiger partial charge in [-0.1, -0.05) is 54.0 Å². The van der Waals surface area contributed by atoms with Crippen LogP contribution in [0.2, 0.25) is 0 Å². The summed E-state index contributed by atoms with van der Waals surface area (Å²) in [6.45, 7) is 24.9. The quantitative estimate of drug-likeness (QED) is 0.187. The number of fused-ring (bicyclic) bond motifs is 7. The third-order valence-electron chi connectivity index (χ3n) is 17.9. The van der Waals surface area contributed by atoms with Crippen molar-refractivity contribution in [3.63, 3.8) is 0 Å². The molecule has 1 N–H and O–H groups in total. The molecule has 1 amide bonds. The second-order valence-corrected chi connectivity index (χ2v) is 22.2. The van der Waals surface area contributed by atoms with Gasteiger partial charge < -0.3 is 19.6 Å². The van der Waals surface area contributed by atoms with Gasteiger partial charge in [0.1, 0.15) is 6.10 Å². The second kappa shape index (κ2) is 14.3. The van der Waals surface area contributed by atoms with Crippen LogP contribution in [0, 0.1) is 62.1 Å². The summed E-state index contributed by atoms with van der Waals surface area (Å²) in [4.78, 5) is 56.4. The van der Waals surface area contributed by atoms with E-state index in [0.29, 0.717) is 42.3 Å². The number of allylic oxidation sites excluding steroid dienone is 2. The maximum absolute atomic E-state index is 14.2. The van der Waals surface area contributed by atoms with Gasteiger partial charge in [-0.3, -0.25) is 19.2 Å². The van der Waals surface area contributed by atoms with Gasteiger partial charge in [0.2, 0.25) is 5.91 Å². The Morgan fingerprint density at radius 1 is 0.909 bits per heavy atom. The van der Waals surface area contributed by atoms with Crippen molar-refractivity contribution < 1.29 is 29.0 Å². The summed E-state index contributed by atoms with van der Waals surface area (Å²) < 4.78 is 6.21. The first-order valence-corrected chi connectivity index (χ1v) is 22.4. The largest absolute Gasteiger partial charge is 0.481 e. The molecule has 0 bridgehead atoms. The van der Waals surface area contributed by atoms with Crippen molar-refractivity contribution in [1.82, 2.24) is 9.80 Å². The number of carboxylic acids is 1. The van der Waals surface area contributed by atoms with Crippen LogP contribution in [-0.4, -0.2) is 77.4 Å². The lowest BCUT2D eigenvalue weighted by Crippen LogP contribution is -2.65. The van der Waals surface area contributed by atoms with E-state index in [1.54, 1.807) is 19.4 Å². The molecule has 6 aliphatic carbocycles. The van der Waals surface area contributed by atoms with Crippen molar-refractivity contribution in [2.45, 2.75) is 165 Å². The standard InChI is InChI=1S/C47H74N2O6/c1-30(2)39-33(50)27-47(22-24-48(29-31-12-13-31)25-26-49-23-10-11-37(49)51)21-20-45(8)32(40(39)47)14-15-35-44(7)18-17-36(55-38(52)28-42(3,4)41(53)54)43(5,6)34(44)16-19-46(35,45)9/h30-32,34-36H,10-29H2,1-9H3,(H,53,54)/t32-,34?,35?,36+,44+,45-,46-,47-/m1/s1. The highest BCUT2D eigenvalue weighted by Crippen LogP contribution is 2.77. The van der Waals surface area contributed by atoms with Gasteiger partial charge >= 0.3 is 11.9 Å². The fraction of sp³-hybridized carbons (Fsp3) is 0.872. The van der Waals surface area contributed by atoms with Crippen LogP contribution in [0.1, 0.15) is 159 Å². The summed E-state index contributed by atoms with van der Waals surface area (Å²) >= 11 is 0. The number of amides is 1. The van der Waals surface area contributed by atoms with E-state index in [-0.39, 0.29) is 45.5 Å². The highest BCUT2D eigenvalue weighted by molar-refractivity contribution is 6.00. The fourth-order valence-electron chi connectivity index (χ4n) is 14.4. The number of ketones is 1. The molecule has 0 aromatic carbocycles. The summed E-state index contributed by atoms with van der Waals surface area (Å²) in [5.74, 6) is 1.76. The Bertz CT molecular complexity index is 1590. The number of Topliss-reactive ketones (excluding diaryl/α,β-unsaturated/α-hetero) is 1. The molecule has 8 heteroatoms. The molecule has 1 saturated heterocycles. The van der Waals surface area contributed by atoms with E-state index in [2.05, 4.69) is 58.3 Å². The van der Waals surface area contributed by atoms with Gasteiger partial charge in [-0.15, -0.1) is 0 Å². The lowest BCUT2D eigenvalue weighted by Gasteiger charge is -2.72. The van der Waals surface area contributed by atoms with Gasteiger partial charge in [-0.05, 0) is 149 Å². The van der Waals surface area contributed by atoms with E-state index in [0.717, 1.165) is 90.0 Å². The zero-order valence-corrected chi connectivity index (χ0v) is 36.0. The van der Waals surface area contributed by atoms with Crippen LogP contribution in [0.3, 0.4) is 0 Å². The molecule has 5 saturated carbocycles. The molecule has 0 spiro atoms. The zero-order valence-electron chi connectivity index (χ0n) is 36.0. The van der Waals surface area contributed by atoms with Crippen molar-refractivity contribution in [3.8, 4) is 0 Å². The van der Waals surface area contributed by atoms with Crippen LogP contribution >= 0.6 is 0 Å². The molecule has 55 heavy (non-hydrogen) atoms. The molecule has 0 aromatic rings. The molecule has 8 atom stereocenters. The molecule has 1 heterocycles. The maximum atomic E-state index is 14.2.